The van der Waals surface area contributed by atoms with E-state index < -0.39 is 18.1 Å². The molecular formula is C35H35N3O7. The van der Waals surface area contributed by atoms with Crippen LogP contribution in [0.3, 0.4) is 0 Å². The molecule has 10 heteroatoms. The lowest BCUT2D eigenvalue weighted by molar-refractivity contribution is -0.145. The van der Waals surface area contributed by atoms with Crippen LogP contribution in [0.2, 0.25) is 0 Å². The first-order valence-corrected chi connectivity index (χ1v) is 14.5. The lowest BCUT2D eigenvalue weighted by atomic mass is 9.96. The van der Waals surface area contributed by atoms with E-state index in [0.29, 0.717) is 48.0 Å². The van der Waals surface area contributed by atoms with Gasteiger partial charge in [0.25, 0.3) is 0 Å². The van der Waals surface area contributed by atoms with Gasteiger partial charge in [-0.25, -0.2) is 0 Å². The molecule has 1 aromatic heterocycles. The summed E-state index contributed by atoms with van der Waals surface area (Å²) in [7, 11) is 0. The number of aliphatic carboxylic acids is 1. The first-order valence-electron chi connectivity index (χ1n) is 14.5. The molecule has 1 aliphatic heterocycles. The molecule has 0 aliphatic carbocycles. The molecule has 4 aromatic rings. The topological polar surface area (TPSA) is 143 Å². The maximum atomic E-state index is 11.8. The molecule has 0 saturated carbocycles. The number of hydrogen-bond donors (Lipinski definition) is 3. The van der Waals surface area contributed by atoms with Crippen molar-refractivity contribution >= 4 is 5.97 Å². The van der Waals surface area contributed by atoms with Crippen LogP contribution >= 0.6 is 0 Å². The summed E-state index contributed by atoms with van der Waals surface area (Å²) in [5, 5.41) is 31.5. The van der Waals surface area contributed by atoms with E-state index in [0.717, 1.165) is 39.3 Å². The molecule has 3 aromatic carbocycles. The van der Waals surface area contributed by atoms with Crippen LogP contribution in [0.5, 0.6) is 23.0 Å². The van der Waals surface area contributed by atoms with Crippen LogP contribution in [-0.2, 0) is 24.6 Å². The summed E-state index contributed by atoms with van der Waals surface area (Å²) < 4.78 is 23.9. The Morgan fingerprint density at radius 3 is 2.60 bits per heavy atom. The quantitative estimate of drug-likeness (QED) is 0.199. The Morgan fingerprint density at radius 2 is 1.84 bits per heavy atom. The highest BCUT2D eigenvalue weighted by Gasteiger charge is 2.32. The normalized spacial score (nSPS) is 13.4. The van der Waals surface area contributed by atoms with Crippen LogP contribution in [0, 0.1) is 25.2 Å². The maximum absolute atomic E-state index is 11.8. The number of nitrogens with zero attached hydrogens (tertiary/aromatic N) is 2. The first kappa shape index (κ1) is 31.3. The molecule has 1 aliphatic rings. The average Bonchev–Trinajstić information content (AvgIpc) is 3.06. The molecule has 45 heavy (non-hydrogen) atoms. The Hall–Kier alpha value is -5.11. The highest BCUT2D eigenvalue weighted by Crippen LogP contribution is 2.36. The maximum Gasteiger partial charge on any atom is 0.326 e. The van der Waals surface area contributed by atoms with Crippen molar-refractivity contribution in [1.82, 2.24) is 10.3 Å². The van der Waals surface area contributed by atoms with Crippen molar-refractivity contribution in [2.45, 2.75) is 46.1 Å². The predicted molar refractivity (Wildman–Crippen MR) is 166 cm³/mol. The van der Waals surface area contributed by atoms with Gasteiger partial charge in [0.15, 0.2) is 11.5 Å². The monoisotopic (exact) mass is 609 g/mol. The molecule has 0 spiro atoms. The minimum Gasteiger partial charge on any atom is -0.489 e. The average molecular weight is 610 g/mol. The Kier molecular flexibility index (Phi) is 9.52. The summed E-state index contributed by atoms with van der Waals surface area (Å²) in [4.78, 5) is 15.9. The van der Waals surface area contributed by atoms with Gasteiger partial charge in [-0.3, -0.25) is 15.1 Å². The second-order valence-corrected chi connectivity index (χ2v) is 11.1. The number of benzene rings is 3. The Bertz CT molecular complexity index is 1750. The molecule has 1 atom stereocenters. The number of carboxylic acid groups (broad SMARTS) is 1. The van der Waals surface area contributed by atoms with Gasteiger partial charge in [0, 0.05) is 36.1 Å². The number of carboxylic acids is 1. The highest BCUT2D eigenvalue weighted by atomic mass is 16.6. The summed E-state index contributed by atoms with van der Waals surface area (Å²) in [6.07, 6.45) is 3.10. The summed E-state index contributed by atoms with van der Waals surface area (Å²) in [6.45, 7) is 6.40. The summed E-state index contributed by atoms with van der Waals surface area (Å²) >= 11 is 0. The Balaban J connectivity index is 1.39. The van der Waals surface area contributed by atoms with E-state index in [1.165, 1.54) is 13.1 Å². The number of nitriles is 1. The van der Waals surface area contributed by atoms with Crippen LogP contribution in [-0.4, -0.2) is 46.5 Å². The third kappa shape index (κ3) is 7.17. The van der Waals surface area contributed by atoms with Crippen LogP contribution in [0.1, 0.15) is 40.3 Å². The molecule has 232 valence electrons. The molecule has 1 unspecified atom stereocenters. The molecule has 0 bridgehead atoms. The van der Waals surface area contributed by atoms with Crippen LogP contribution in [0.25, 0.3) is 11.1 Å². The van der Waals surface area contributed by atoms with Gasteiger partial charge >= 0.3 is 5.97 Å². The SMILES string of the molecule is Cc1cc(OCc2cccc(-c3ccc4c(c3)OCCO4)c2C)cc(OCc2cncc(C#N)c2)c1CNC(C)(CO)C(=O)O. The van der Waals surface area contributed by atoms with Gasteiger partial charge in [-0.05, 0) is 72.9 Å². The summed E-state index contributed by atoms with van der Waals surface area (Å²) in [6, 6.07) is 19.4. The highest BCUT2D eigenvalue weighted by molar-refractivity contribution is 5.78. The van der Waals surface area contributed by atoms with E-state index in [2.05, 4.69) is 29.4 Å². The number of nitrogens with one attached hydrogen (secondary N) is 1. The van der Waals surface area contributed by atoms with Gasteiger partial charge in [0.2, 0.25) is 0 Å². The number of pyridine rings is 1. The second-order valence-electron chi connectivity index (χ2n) is 11.1. The van der Waals surface area contributed by atoms with Crippen molar-refractivity contribution in [1.29, 1.82) is 5.26 Å². The zero-order valence-corrected chi connectivity index (χ0v) is 25.4. The van der Waals surface area contributed by atoms with Crippen LogP contribution < -0.4 is 24.3 Å². The molecule has 0 radical (unpaired) electrons. The molecule has 0 amide bonds. The van der Waals surface area contributed by atoms with Crippen molar-refractivity contribution in [3.63, 3.8) is 0 Å². The number of hydrogen-bond acceptors (Lipinski definition) is 9. The van der Waals surface area contributed by atoms with E-state index in [9.17, 15) is 20.3 Å². The van der Waals surface area contributed by atoms with E-state index >= 15 is 0 Å². The van der Waals surface area contributed by atoms with Crippen molar-refractivity contribution in [2.24, 2.45) is 0 Å². The number of aromatic nitrogens is 1. The van der Waals surface area contributed by atoms with Crippen molar-refractivity contribution in [3.8, 4) is 40.2 Å². The molecule has 3 N–H and O–H groups in total. The Morgan fingerprint density at radius 1 is 1.04 bits per heavy atom. The number of aliphatic hydroxyl groups is 1. The lowest BCUT2D eigenvalue weighted by Crippen LogP contribution is -2.52. The third-order valence-corrected chi connectivity index (χ3v) is 7.86. The van der Waals surface area contributed by atoms with Gasteiger partial charge in [0.05, 0.1) is 12.2 Å². The van der Waals surface area contributed by atoms with Gasteiger partial charge in [-0.2, -0.15) is 5.26 Å². The number of ether oxygens (including phenoxy) is 4. The molecular weight excluding hydrogens is 574 g/mol. The van der Waals surface area contributed by atoms with Crippen LogP contribution in [0.4, 0.5) is 0 Å². The van der Waals surface area contributed by atoms with Gasteiger partial charge in [0.1, 0.15) is 49.5 Å². The standard InChI is InChI=1S/C35H35N3O7/c1-22-11-28(44-20-27-5-4-6-29(23(27)2)26-7-8-31-33(13-26)43-10-9-42-31)14-32(30(22)18-38-35(3,21-39)34(40)41)45-19-25-12-24(15-36)16-37-17-25/h4-8,11-14,16-17,38-39H,9-10,18-21H2,1-3H3,(H,40,41). The first-order chi connectivity index (χ1) is 21.7. The Labute approximate surface area is 261 Å². The van der Waals surface area contributed by atoms with Crippen molar-refractivity contribution in [2.75, 3.05) is 19.8 Å². The van der Waals surface area contributed by atoms with Crippen molar-refractivity contribution < 1.29 is 34.0 Å². The zero-order valence-electron chi connectivity index (χ0n) is 25.4. The number of aryl methyl sites for hydroxylation is 1. The van der Waals surface area contributed by atoms with Crippen molar-refractivity contribution in [3.05, 3.63) is 100 Å². The van der Waals surface area contributed by atoms with Gasteiger partial charge in [-0.15, -0.1) is 0 Å². The molecule has 0 fully saturated rings. The fourth-order valence-electron chi connectivity index (χ4n) is 4.99. The van der Waals surface area contributed by atoms with Gasteiger partial charge < -0.3 is 29.2 Å². The zero-order chi connectivity index (χ0) is 32.0. The number of fused-ring (bicyclic) bond motifs is 1. The number of aliphatic hydroxyl groups excluding tert-OH is 1. The predicted octanol–water partition coefficient (Wildman–Crippen LogP) is 5.09. The number of rotatable bonds is 12. The summed E-state index contributed by atoms with van der Waals surface area (Å²) in [5.41, 5.74) is 5.27. The smallest absolute Gasteiger partial charge is 0.326 e. The minimum atomic E-state index is -1.54. The molecule has 0 saturated heterocycles. The van der Waals surface area contributed by atoms with E-state index in [-0.39, 0.29) is 13.2 Å². The molecule has 10 nitrogen and oxygen atoms in total. The van der Waals surface area contributed by atoms with E-state index in [1.54, 1.807) is 18.3 Å². The molecule has 2 heterocycles. The second kappa shape index (κ2) is 13.7. The minimum absolute atomic E-state index is 0.123. The van der Waals surface area contributed by atoms with E-state index in [1.807, 2.05) is 43.3 Å². The summed E-state index contributed by atoms with van der Waals surface area (Å²) in [5.74, 6) is 1.36. The largest absolute Gasteiger partial charge is 0.489 e. The van der Waals surface area contributed by atoms with E-state index in [4.69, 9.17) is 18.9 Å². The van der Waals surface area contributed by atoms with Gasteiger partial charge in [-0.1, -0.05) is 24.3 Å². The fraction of sp³-hybridized carbons (Fsp3) is 0.286. The molecule has 5 rings (SSSR count). The lowest BCUT2D eigenvalue weighted by Gasteiger charge is -2.25. The fourth-order valence-corrected chi connectivity index (χ4v) is 4.99. The third-order valence-electron chi connectivity index (χ3n) is 7.86. The van der Waals surface area contributed by atoms with Crippen LogP contribution in [0.15, 0.2) is 67.0 Å². The number of carbonyl (C=O) groups is 1.